The van der Waals surface area contributed by atoms with Gasteiger partial charge < -0.3 is 10.1 Å². The highest BCUT2D eigenvalue weighted by molar-refractivity contribution is 9.10. The standard InChI is InChI=1S/C13H16BrNO2/c1-3-8-15-13(16)7-4-10-9-11(14)5-6-12(10)17-2/h4-7,9H,3,8H2,1-2H3,(H,15,16). The molecule has 0 unspecified atom stereocenters. The minimum absolute atomic E-state index is 0.0890. The first kappa shape index (κ1) is 13.8. The van der Waals surface area contributed by atoms with Gasteiger partial charge in [0, 0.05) is 22.7 Å². The van der Waals surface area contributed by atoms with Gasteiger partial charge in [-0.2, -0.15) is 0 Å². The van der Waals surface area contributed by atoms with Gasteiger partial charge in [0.2, 0.25) is 5.91 Å². The lowest BCUT2D eigenvalue weighted by Crippen LogP contribution is -2.21. The Morgan fingerprint density at radius 3 is 2.94 bits per heavy atom. The normalized spacial score (nSPS) is 10.5. The Kier molecular flexibility index (Phi) is 5.77. The Morgan fingerprint density at radius 1 is 1.53 bits per heavy atom. The lowest BCUT2D eigenvalue weighted by molar-refractivity contribution is -0.116. The van der Waals surface area contributed by atoms with E-state index < -0.39 is 0 Å². The molecule has 92 valence electrons. The van der Waals surface area contributed by atoms with Gasteiger partial charge in [0.1, 0.15) is 5.75 Å². The van der Waals surface area contributed by atoms with Crippen molar-refractivity contribution in [1.29, 1.82) is 0 Å². The molecule has 1 amide bonds. The third kappa shape index (κ3) is 4.61. The van der Waals surface area contributed by atoms with Crippen LogP contribution < -0.4 is 10.1 Å². The van der Waals surface area contributed by atoms with Crippen LogP contribution in [-0.4, -0.2) is 19.6 Å². The van der Waals surface area contributed by atoms with E-state index in [4.69, 9.17) is 4.74 Å². The fraction of sp³-hybridized carbons (Fsp3) is 0.308. The summed E-state index contributed by atoms with van der Waals surface area (Å²) in [5.74, 6) is 0.654. The molecule has 0 spiro atoms. The third-order valence-electron chi connectivity index (χ3n) is 2.16. The number of rotatable bonds is 5. The second kappa shape index (κ2) is 7.12. The molecular weight excluding hydrogens is 282 g/mol. The van der Waals surface area contributed by atoms with Gasteiger partial charge >= 0.3 is 0 Å². The molecule has 0 radical (unpaired) electrons. The molecule has 0 saturated carbocycles. The van der Waals surface area contributed by atoms with Crippen molar-refractivity contribution in [2.75, 3.05) is 13.7 Å². The van der Waals surface area contributed by atoms with Gasteiger partial charge in [0.15, 0.2) is 0 Å². The highest BCUT2D eigenvalue weighted by Crippen LogP contribution is 2.23. The van der Waals surface area contributed by atoms with Crippen molar-refractivity contribution in [3.63, 3.8) is 0 Å². The monoisotopic (exact) mass is 297 g/mol. The predicted molar refractivity (Wildman–Crippen MR) is 73.0 cm³/mol. The molecular formula is C13H16BrNO2. The Hall–Kier alpha value is -1.29. The van der Waals surface area contributed by atoms with Gasteiger partial charge in [-0.1, -0.05) is 22.9 Å². The first-order valence-corrected chi connectivity index (χ1v) is 6.26. The number of hydrogen-bond donors (Lipinski definition) is 1. The molecule has 0 bridgehead atoms. The number of benzene rings is 1. The van der Waals surface area contributed by atoms with Crippen molar-refractivity contribution in [3.05, 3.63) is 34.3 Å². The molecule has 1 rings (SSSR count). The number of nitrogens with one attached hydrogen (secondary N) is 1. The summed E-state index contributed by atoms with van der Waals surface area (Å²) in [7, 11) is 1.61. The Morgan fingerprint density at radius 2 is 2.29 bits per heavy atom. The van der Waals surface area contributed by atoms with Crippen LogP contribution in [-0.2, 0) is 4.79 Å². The molecule has 4 heteroatoms. The van der Waals surface area contributed by atoms with Crippen molar-refractivity contribution in [3.8, 4) is 5.75 Å². The average molecular weight is 298 g/mol. The van der Waals surface area contributed by atoms with Crippen molar-refractivity contribution < 1.29 is 9.53 Å². The SMILES string of the molecule is CCCNC(=O)C=Cc1cc(Br)ccc1OC. The van der Waals surface area contributed by atoms with Crippen LogP contribution in [0.4, 0.5) is 0 Å². The van der Waals surface area contributed by atoms with Crippen LogP contribution in [0.25, 0.3) is 6.08 Å². The Bertz CT molecular complexity index is 416. The van der Waals surface area contributed by atoms with Crippen molar-refractivity contribution >= 4 is 27.9 Å². The molecule has 1 aromatic carbocycles. The minimum atomic E-state index is -0.0890. The maximum atomic E-state index is 11.4. The summed E-state index contributed by atoms with van der Waals surface area (Å²) in [6.07, 6.45) is 4.19. The molecule has 1 aromatic rings. The number of carbonyl (C=O) groups is 1. The summed E-state index contributed by atoms with van der Waals surface area (Å²) in [5, 5.41) is 2.78. The van der Waals surface area contributed by atoms with E-state index in [0.717, 1.165) is 22.2 Å². The second-order valence-corrected chi connectivity index (χ2v) is 4.43. The first-order valence-electron chi connectivity index (χ1n) is 5.46. The molecule has 0 aliphatic rings. The van der Waals surface area contributed by atoms with E-state index in [1.807, 2.05) is 25.1 Å². The average Bonchev–Trinajstić information content (AvgIpc) is 2.34. The van der Waals surface area contributed by atoms with E-state index in [1.165, 1.54) is 6.08 Å². The van der Waals surface area contributed by atoms with Crippen LogP contribution in [0.1, 0.15) is 18.9 Å². The summed E-state index contributed by atoms with van der Waals surface area (Å²) in [4.78, 5) is 11.4. The van der Waals surface area contributed by atoms with Gasteiger partial charge in [-0.25, -0.2) is 0 Å². The number of halogens is 1. The van der Waals surface area contributed by atoms with Crippen LogP contribution in [0.2, 0.25) is 0 Å². The smallest absolute Gasteiger partial charge is 0.244 e. The summed E-state index contributed by atoms with van der Waals surface area (Å²) in [5.41, 5.74) is 0.869. The van der Waals surface area contributed by atoms with Crippen molar-refractivity contribution in [1.82, 2.24) is 5.32 Å². The highest BCUT2D eigenvalue weighted by Gasteiger charge is 2.01. The third-order valence-corrected chi connectivity index (χ3v) is 2.65. The number of amides is 1. The molecule has 0 fully saturated rings. The Labute approximate surface area is 110 Å². The molecule has 0 aliphatic carbocycles. The summed E-state index contributed by atoms with van der Waals surface area (Å²) >= 11 is 3.38. The van der Waals surface area contributed by atoms with E-state index in [2.05, 4.69) is 21.2 Å². The fourth-order valence-corrected chi connectivity index (χ4v) is 1.69. The lowest BCUT2D eigenvalue weighted by atomic mass is 10.2. The first-order chi connectivity index (χ1) is 8.17. The molecule has 17 heavy (non-hydrogen) atoms. The highest BCUT2D eigenvalue weighted by atomic mass is 79.9. The lowest BCUT2D eigenvalue weighted by Gasteiger charge is -2.05. The zero-order valence-electron chi connectivity index (χ0n) is 10.00. The maximum Gasteiger partial charge on any atom is 0.244 e. The van der Waals surface area contributed by atoms with E-state index in [0.29, 0.717) is 6.54 Å². The topological polar surface area (TPSA) is 38.3 Å². The van der Waals surface area contributed by atoms with Gasteiger partial charge in [-0.15, -0.1) is 0 Å². The van der Waals surface area contributed by atoms with E-state index in [9.17, 15) is 4.79 Å². The molecule has 0 atom stereocenters. The van der Waals surface area contributed by atoms with Crippen LogP contribution in [0.5, 0.6) is 5.75 Å². The molecule has 0 aromatic heterocycles. The van der Waals surface area contributed by atoms with E-state index in [1.54, 1.807) is 13.2 Å². The van der Waals surface area contributed by atoms with Crippen LogP contribution in [0, 0.1) is 0 Å². The number of carbonyl (C=O) groups excluding carboxylic acids is 1. The summed E-state index contributed by atoms with van der Waals surface area (Å²) in [6.45, 7) is 2.71. The number of hydrogen-bond acceptors (Lipinski definition) is 2. The number of methoxy groups -OCH3 is 1. The van der Waals surface area contributed by atoms with E-state index in [-0.39, 0.29) is 5.91 Å². The van der Waals surface area contributed by atoms with Gasteiger partial charge in [0.25, 0.3) is 0 Å². The van der Waals surface area contributed by atoms with Crippen molar-refractivity contribution in [2.45, 2.75) is 13.3 Å². The number of ether oxygens (including phenoxy) is 1. The van der Waals surface area contributed by atoms with Gasteiger partial charge in [0.05, 0.1) is 7.11 Å². The van der Waals surface area contributed by atoms with Crippen LogP contribution in [0.15, 0.2) is 28.7 Å². The second-order valence-electron chi connectivity index (χ2n) is 3.51. The van der Waals surface area contributed by atoms with Crippen LogP contribution in [0.3, 0.4) is 0 Å². The van der Waals surface area contributed by atoms with Crippen molar-refractivity contribution in [2.24, 2.45) is 0 Å². The quantitative estimate of drug-likeness (QED) is 0.849. The van der Waals surface area contributed by atoms with Gasteiger partial charge in [-0.3, -0.25) is 4.79 Å². The fourth-order valence-electron chi connectivity index (χ4n) is 1.31. The predicted octanol–water partition coefficient (Wildman–Crippen LogP) is 3.00. The summed E-state index contributed by atoms with van der Waals surface area (Å²) in [6, 6.07) is 5.66. The molecule has 3 nitrogen and oxygen atoms in total. The Balaban J connectivity index is 2.76. The molecule has 0 saturated heterocycles. The minimum Gasteiger partial charge on any atom is -0.496 e. The van der Waals surface area contributed by atoms with Gasteiger partial charge in [-0.05, 0) is 30.7 Å². The summed E-state index contributed by atoms with van der Waals surface area (Å²) < 4.78 is 6.16. The molecule has 1 N–H and O–H groups in total. The molecule has 0 heterocycles. The zero-order chi connectivity index (χ0) is 12.7. The van der Waals surface area contributed by atoms with E-state index >= 15 is 0 Å². The molecule has 0 aliphatic heterocycles. The van der Waals surface area contributed by atoms with Crippen LogP contribution >= 0.6 is 15.9 Å². The zero-order valence-corrected chi connectivity index (χ0v) is 11.6. The maximum absolute atomic E-state index is 11.4. The largest absolute Gasteiger partial charge is 0.496 e.